The van der Waals surface area contributed by atoms with Crippen molar-refractivity contribution in [1.82, 2.24) is 84.1 Å². The van der Waals surface area contributed by atoms with Crippen LogP contribution in [0, 0.1) is 109 Å². The Bertz CT molecular complexity index is 4380. The Labute approximate surface area is 757 Å². The molecular formula is C99H150ClFN24O. The molecule has 7 aromatic heterocycles. The van der Waals surface area contributed by atoms with Gasteiger partial charge >= 0.3 is 0 Å². The Morgan fingerprint density at radius 1 is 0.317 bits per heavy atom. The molecule has 17 fully saturated rings. The monoisotopic (exact) mass is 1750 g/mol. The molecule has 0 spiro atoms. The molecule has 126 heavy (non-hydrogen) atoms. The summed E-state index contributed by atoms with van der Waals surface area (Å²) in [6.07, 6.45) is 24.1. The van der Waals surface area contributed by atoms with Crippen molar-refractivity contribution in [3.8, 4) is 5.75 Å². The summed E-state index contributed by atoms with van der Waals surface area (Å²) < 4.78 is 18.9. The van der Waals surface area contributed by atoms with Gasteiger partial charge in [0.1, 0.15) is 34.8 Å². The first-order valence-corrected chi connectivity index (χ1v) is 48.5. The highest BCUT2D eigenvalue weighted by atomic mass is 35.5. The van der Waals surface area contributed by atoms with Crippen LogP contribution < -0.4 is 42.0 Å². The Morgan fingerprint density at radius 3 is 1.02 bits per heavy atom. The second-order valence-corrected chi connectivity index (χ2v) is 41.8. The van der Waals surface area contributed by atoms with Gasteiger partial charge in [-0.25, -0.2) is 54.2 Å². The summed E-state index contributed by atoms with van der Waals surface area (Å²) in [6, 6.07) is 29.5. The third-order valence-electron chi connectivity index (χ3n) is 30.7. The van der Waals surface area contributed by atoms with Crippen LogP contribution in [0.2, 0.25) is 5.02 Å². The number of nitrogens with zero attached hydrogens (tertiary/aromatic N) is 17. The number of aryl methyl sites for hydroxylation is 3. The lowest BCUT2D eigenvalue weighted by Gasteiger charge is -2.55. The van der Waals surface area contributed by atoms with Crippen molar-refractivity contribution >= 4 is 52.6 Å². The standard InChI is InChI=1S/C15H22FN3.C15H23N3O.C14H20ClN3.2C14H22N4.C14H21N3.C13H20N4/c1-9(2)19-7-11-6-12(8-19)14(11)18-15-13(16)5-4-10(3)17-15;1-10(2)18-8-11-6-12(9-18)15(11)17-14-5-4-13(19-3)7-16-14;1-9(2)18-7-10-6-11(8-18)13(10)17-14-12(15)4-3-5-16-14;1-9(2)18-7-11-4-12(8-18)13(11)17-14-15-5-10(3)6-16-14;1-9(2)18-7-11-6-12(8-18)14(11)17-13-4-5-15-10(3)16-13;1-10(2)17-8-11-7-12(9-17)14(11)16-13-5-3-4-6-15-13;1-9(2)17-7-10-6-11(8-17)12(10)16-13-14-4-3-5-15-13/h4-5,9,11-12,14H,6-8H2,1-3H3,(H,17,18);4-5,7,10-12,15H,6,8-9H2,1-3H3,(H,16,17);3-5,9-11,13H,6-8H2,1-2H3,(H,16,17);5-6,9,11-13H,4,7-8H2,1-3H3,(H,15,16,17);4-5,9,11-12,14H,6-8H2,1-3H3,(H,15,16,17);3-6,10-12,14H,7-9H2,1-2H3,(H,15,16);3-5,9-12H,6-8H2,1-2H3,(H,14,15,16). The van der Waals surface area contributed by atoms with Gasteiger partial charge in [0.2, 0.25) is 11.9 Å². The molecule has 14 bridgehead atoms. The number of piperidine rings is 14. The molecule has 24 rings (SSSR count). The van der Waals surface area contributed by atoms with Gasteiger partial charge in [-0.05, 0) is 312 Å². The lowest BCUT2D eigenvalue weighted by molar-refractivity contribution is -0.00446. The van der Waals surface area contributed by atoms with Crippen molar-refractivity contribution in [3.63, 3.8) is 0 Å². The van der Waals surface area contributed by atoms with E-state index in [1.807, 2.05) is 94.1 Å². The predicted molar refractivity (Wildman–Crippen MR) is 509 cm³/mol. The maximum Gasteiger partial charge on any atom is 0.222 e. The summed E-state index contributed by atoms with van der Waals surface area (Å²) in [6.45, 7) is 54.8. The molecular weight excluding hydrogens is 1600 g/mol. The molecule has 0 radical (unpaired) electrons. The van der Waals surface area contributed by atoms with Crippen molar-refractivity contribution in [2.24, 2.45) is 82.9 Å². The van der Waals surface area contributed by atoms with E-state index >= 15 is 0 Å². The first-order chi connectivity index (χ1) is 60.6. The topological polar surface area (TPSA) is 245 Å². The van der Waals surface area contributed by atoms with E-state index in [0.29, 0.717) is 102 Å². The van der Waals surface area contributed by atoms with E-state index in [9.17, 15) is 4.39 Å². The van der Waals surface area contributed by atoms with Gasteiger partial charge in [-0.2, -0.15) is 0 Å². The molecule has 14 unspecified atom stereocenters. The van der Waals surface area contributed by atoms with Crippen LogP contribution in [0.3, 0.4) is 0 Å². The zero-order valence-electron chi connectivity index (χ0n) is 78.8. The molecule has 14 atom stereocenters. The van der Waals surface area contributed by atoms with Crippen LogP contribution in [-0.4, -0.2) is 267 Å². The number of halogens is 2. The van der Waals surface area contributed by atoms with E-state index in [1.165, 1.54) is 130 Å². The fourth-order valence-electron chi connectivity index (χ4n) is 22.7. The molecule has 10 aliphatic heterocycles. The number of nitrogens with one attached hydrogen (secondary N) is 7. The highest BCUT2D eigenvalue weighted by Gasteiger charge is 2.53. The zero-order valence-corrected chi connectivity index (χ0v) is 79.5. The number of rotatable bonds is 22. The van der Waals surface area contributed by atoms with Crippen LogP contribution in [-0.2, 0) is 0 Å². The smallest absolute Gasteiger partial charge is 0.222 e. The van der Waals surface area contributed by atoms with Crippen molar-refractivity contribution in [2.45, 2.75) is 247 Å². The van der Waals surface area contributed by atoms with E-state index in [-0.39, 0.29) is 5.82 Å². The first-order valence-electron chi connectivity index (χ1n) is 48.1. The van der Waals surface area contributed by atoms with Gasteiger partial charge in [0.05, 0.1) is 18.3 Å². The number of pyridine rings is 4. The highest BCUT2D eigenvalue weighted by molar-refractivity contribution is 6.32. The lowest BCUT2D eigenvalue weighted by atomic mass is 9.66. The Hall–Kier alpha value is -7.82. The van der Waals surface area contributed by atoms with E-state index in [0.717, 1.165) is 147 Å². The number of anilines is 7. The van der Waals surface area contributed by atoms with Crippen LogP contribution in [0.5, 0.6) is 5.75 Å². The summed E-state index contributed by atoms with van der Waals surface area (Å²) in [5.41, 5.74) is 1.97. The molecule has 25 nitrogen and oxygen atoms in total. The summed E-state index contributed by atoms with van der Waals surface area (Å²) in [4.78, 5) is 61.2. The highest BCUT2D eigenvalue weighted by Crippen LogP contribution is 2.49. The van der Waals surface area contributed by atoms with Gasteiger partial charge in [0.15, 0.2) is 11.6 Å². The van der Waals surface area contributed by atoms with Crippen molar-refractivity contribution in [1.29, 1.82) is 0 Å². The zero-order chi connectivity index (χ0) is 88.7. The second kappa shape index (κ2) is 41.9. The largest absolute Gasteiger partial charge is 0.495 e. The van der Waals surface area contributed by atoms with E-state index < -0.39 is 0 Å². The van der Waals surface area contributed by atoms with Gasteiger partial charge in [-0.1, -0.05) is 17.7 Å². The SMILES string of the molecule is CC(C)N1CC2CC(C1)C2Nc1ccccn1.CC(C)N1CC2CC(C1)C2Nc1ncccc1Cl.CC(C)N1CC2CC(C1)C2Nc1ncccn1.COc1ccc(NC2C3CC2CN(C(C)C)C3)nc1.Cc1ccc(F)c(NC2C3CC2CN(C(C)C)C3)n1.Cc1cnc(NC2C3CC2CN(C(C)C)C3)nc1.Cc1nccc(NC2C3CC2CN(C(C)C)C3)n1. The summed E-state index contributed by atoms with van der Waals surface area (Å²) >= 11 is 6.15. The van der Waals surface area contributed by atoms with Crippen LogP contribution in [0.15, 0.2) is 116 Å². The maximum atomic E-state index is 13.7. The number of ether oxygens (including phenoxy) is 1. The summed E-state index contributed by atoms with van der Waals surface area (Å²) in [5.74, 6) is 17.9. The van der Waals surface area contributed by atoms with Gasteiger partial charge in [0.25, 0.3) is 0 Å². The molecule has 7 aliphatic carbocycles. The average molecular weight is 1750 g/mol. The number of aromatic nitrogens is 10. The number of fused-ring (bicyclic) bond motifs is 14. The second-order valence-electron chi connectivity index (χ2n) is 41.4. The summed E-state index contributed by atoms with van der Waals surface area (Å²) in [7, 11) is 1.67. The van der Waals surface area contributed by atoms with Gasteiger partial charge in [-0.3, -0.25) is 0 Å². The first kappa shape index (κ1) is 92.9. The summed E-state index contributed by atoms with van der Waals surface area (Å²) in [5, 5.41) is 25.4. The molecule has 686 valence electrons. The minimum absolute atomic E-state index is 0.240. The minimum atomic E-state index is -0.240. The average Bonchev–Trinajstić information content (AvgIpc) is 0.749. The van der Waals surface area contributed by atoms with E-state index in [2.05, 4.69) is 224 Å². The van der Waals surface area contributed by atoms with Crippen LogP contribution in [0.25, 0.3) is 0 Å². The van der Waals surface area contributed by atoms with Gasteiger partial charge < -0.3 is 76.3 Å². The lowest BCUT2D eigenvalue weighted by Crippen LogP contribution is -2.62. The van der Waals surface area contributed by atoms with E-state index in [1.54, 1.807) is 38.0 Å². The molecule has 7 aromatic rings. The Kier molecular flexibility index (Phi) is 30.9. The molecule has 27 heteroatoms. The Morgan fingerprint density at radius 2 is 0.667 bits per heavy atom. The van der Waals surface area contributed by atoms with Crippen molar-refractivity contribution in [2.75, 3.05) is 136 Å². The fourth-order valence-corrected chi connectivity index (χ4v) is 22.9. The molecule has 10 saturated heterocycles. The maximum absolute atomic E-state index is 13.7. The predicted octanol–water partition coefficient (Wildman–Crippen LogP) is 15.5. The third kappa shape index (κ3) is 22.8. The normalized spacial score (nSPS) is 31.2. The van der Waals surface area contributed by atoms with Gasteiger partial charge in [-0.15, -0.1) is 0 Å². The molecule has 0 aromatic carbocycles. The minimum Gasteiger partial charge on any atom is -0.495 e. The number of methoxy groups -OCH3 is 1. The molecule has 17 aliphatic rings. The number of hydrogen-bond acceptors (Lipinski definition) is 25. The molecule has 0 amide bonds. The Balaban J connectivity index is 0.000000113. The third-order valence-corrected chi connectivity index (χ3v) is 31.0. The van der Waals surface area contributed by atoms with Crippen molar-refractivity contribution < 1.29 is 9.13 Å². The van der Waals surface area contributed by atoms with Crippen LogP contribution in [0.4, 0.5) is 45.4 Å². The molecule has 17 heterocycles. The quantitative estimate of drug-likeness (QED) is 0.0333. The molecule has 7 N–H and O–H groups in total. The van der Waals surface area contributed by atoms with Crippen LogP contribution >= 0.6 is 11.6 Å². The van der Waals surface area contributed by atoms with Crippen molar-refractivity contribution in [3.05, 3.63) is 144 Å². The van der Waals surface area contributed by atoms with Gasteiger partial charge in [0, 0.05) is 225 Å². The van der Waals surface area contributed by atoms with Crippen LogP contribution in [0.1, 0.15) is 159 Å². The number of likely N-dealkylation sites (tertiary alicyclic amines) is 4. The fraction of sp³-hybridized carbons (Fsp3) is 0.677. The molecule has 7 saturated carbocycles. The number of hydrogen-bond donors (Lipinski definition) is 7. The van der Waals surface area contributed by atoms with E-state index in [4.69, 9.17) is 16.3 Å².